The van der Waals surface area contributed by atoms with E-state index >= 15 is 0 Å². The third kappa shape index (κ3) is 2.94. The van der Waals surface area contributed by atoms with E-state index in [0.717, 1.165) is 5.56 Å². The Labute approximate surface area is 119 Å². The lowest BCUT2D eigenvalue weighted by Crippen LogP contribution is -1.99. The summed E-state index contributed by atoms with van der Waals surface area (Å²) in [6, 6.07) is 4.12. The van der Waals surface area contributed by atoms with Crippen molar-refractivity contribution in [2.75, 3.05) is 12.4 Å². The average molecular weight is 295 g/mol. The summed E-state index contributed by atoms with van der Waals surface area (Å²) in [5, 5.41) is 13.5. The zero-order valence-corrected chi connectivity index (χ0v) is 11.5. The number of nitro benzene ring substituents is 1. The van der Waals surface area contributed by atoms with Crippen molar-refractivity contribution in [2.24, 2.45) is 0 Å². The van der Waals surface area contributed by atoms with Crippen LogP contribution in [-0.2, 0) is 0 Å². The van der Waals surface area contributed by atoms with Gasteiger partial charge in [0.2, 0.25) is 11.8 Å². The van der Waals surface area contributed by atoms with E-state index < -0.39 is 4.92 Å². The number of nitro groups is 1. The Morgan fingerprint density at radius 1 is 1.45 bits per heavy atom. The molecular formula is C12H11ClN4O3. The van der Waals surface area contributed by atoms with Gasteiger partial charge in [0, 0.05) is 30.9 Å². The van der Waals surface area contributed by atoms with Crippen molar-refractivity contribution in [1.29, 1.82) is 0 Å². The maximum absolute atomic E-state index is 10.7. The van der Waals surface area contributed by atoms with Crippen LogP contribution in [0.3, 0.4) is 0 Å². The Morgan fingerprint density at radius 2 is 2.20 bits per heavy atom. The lowest BCUT2D eigenvalue weighted by molar-refractivity contribution is -0.384. The first-order valence-corrected chi connectivity index (χ1v) is 6.02. The minimum absolute atomic E-state index is 0.00745. The van der Waals surface area contributed by atoms with Crippen LogP contribution in [-0.4, -0.2) is 21.9 Å². The van der Waals surface area contributed by atoms with Crippen LogP contribution in [0.25, 0.3) is 0 Å². The Bertz CT molecular complexity index is 663. The summed E-state index contributed by atoms with van der Waals surface area (Å²) in [4.78, 5) is 18.3. The van der Waals surface area contributed by atoms with Gasteiger partial charge in [-0.25, -0.2) is 4.98 Å². The summed E-state index contributed by atoms with van der Waals surface area (Å²) in [5.74, 6) is 1.14. The second-order valence-electron chi connectivity index (χ2n) is 3.90. The van der Waals surface area contributed by atoms with E-state index in [-0.39, 0.29) is 10.7 Å². The van der Waals surface area contributed by atoms with Gasteiger partial charge in [0.1, 0.15) is 10.8 Å². The number of hydrogen-bond acceptors (Lipinski definition) is 6. The topological polar surface area (TPSA) is 90.2 Å². The fourth-order valence-corrected chi connectivity index (χ4v) is 1.70. The van der Waals surface area contributed by atoms with Crippen molar-refractivity contribution in [3.05, 3.63) is 45.1 Å². The molecule has 7 nitrogen and oxygen atoms in total. The molecule has 2 aromatic rings. The SMILES string of the molecule is CNc1ncc(C)c(Oc2ccc([N+](=O)[O-])c(Cl)c2)n1. The molecule has 1 aromatic heterocycles. The van der Waals surface area contributed by atoms with Gasteiger partial charge in [-0.15, -0.1) is 0 Å². The Morgan fingerprint density at radius 3 is 2.80 bits per heavy atom. The van der Waals surface area contributed by atoms with Crippen LogP contribution < -0.4 is 10.1 Å². The predicted molar refractivity (Wildman–Crippen MR) is 74.5 cm³/mol. The molecule has 0 unspecified atom stereocenters. The molecule has 0 aliphatic carbocycles. The van der Waals surface area contributed by atoms with Gasteiger partial charge in [-0.1, -0.05) is 11.6 Å². The molecular weight excluding hydrogens is 284 g/mol. The van der Waals surface area contributed by atoms with Crippen molar-refractivity contribution < 1.29 is 9.66 Å². The highest BCUT2D eigenvalue weighted by Gasteiger charge is 2.14. The molecule has 0 fully saturated rings. The largest absolute Gasteiger partial charge is 0.439 e. The monoisotopic (exact) mass is 294 g/mol. The van der Waals surface area contributed by atoms with Gasteiger partial charge >= 0.3 is 0 Å². The molecule has 0 saturated heterocycles. The van der Waals surface area contributed by atoms with Crippen LogP contribution in [0.5, 0.6) is 11.6 Å². The quantitative estimate of drug-likeness (QED) is 0.688. The van der Waals surface area contributed by atoms with E-state index in [9.17, 15) is 10.1 Å². The Kier molecular flexibility index (Phi) is 3.99. The van der Waals surface area contributed by atoms with Gasteiger partial charge in [-0.2, -0.15) is 4.98 Å². The molecule has 0 atom stereocenters. The second-order valence-corrected chi connectivity index (χ2v) is 4.31. The van der Waals surface area contributed by atoms with E-state index in [0.29, 0.717) is 17.6 Å². The van der Waals surface area contributed by atoms with E-state index in [1.54, 1.807) is 20.2 Å². The first-order chi connectivity index (χ1) is 9.51. The number of anilines is 1. The minimum atomic E-state index is -0.554. The Balaban J connectivity index is 2.30. The van der Waals surface area contributed by atoms with Crippen molar-refractivity contribution in [1.82, 2.24) is 9.97 Å². The van der Waals surface area contributed by atoms with Gasteiger partial charge < -0.3 is 10.1 Å². The smallest absolute Gasteiger partial charge is 0.288 e. The Hall–Kier alpha value is -2.41. The third-order valence-electron chi connectivity index (χ3n) is 2.48. The number of benzene rings is 1. The normalized spacial score (nSPS) is 10.2. The molecule has 0 aliphatic rings. The average Bonchev–Trinajstić information content (AvgIpc) is 2.41. The van der Waals surface area contributed by atoms with Crippen molar-refractivity contribution in [3.63, 3.8) is 0 Å². The summed E-state index contributed by atoms with van der Waals surface area (Å²) in [6.45, 7) is 1.79. The molecule has 1 aromatic carbocycles. The van der Waals surface area contributed by atoms with E-state index in [1.807, 2.05) is 0 Å². The van der Waals surface area contributed by atoms with Crippen molar-refractivity contribution >= 4 is 23.2 Å². The van der Waals surface area contributed by atoms with E-state index in [2.05, 4.69) is 15.3 Å². The number of hydrogen-bond donors (Lipinski definition) is 1. The maximum atomic E-state index is 10.7. The fourth-order valence-electron chi connectivity index (χ4n) is 1.46. The van der Waals surface area contributed by atoms with E-state index in [4.69, 9.17) is 16.3 Å². The van der Waals surface area contributed by atoms with Gasteiger partial charge in [0.25, 0.3) is 5.69 Å². The number of nitrogens with zero attached hydrogens (tertiary/aromatic N) is 3. The zero-order chi connectivity index (χ0) is 14.7. The van der Waals surface area contributed by atoms with Crippen LogP contribution in [0, 0.1) is 17.0 Å². The number of rotatable bonds is 4. The van der Waals surface area contributed by atoms with E-state index in [1.165, 1.54) is 18.2 Å². The molecule has 0 amide bonds. The number of aryl methyl sites for hydroxylation is 1. The first-order valence-electron chi connectivity index (χ1n) is 5.64. The number of aromatic nitrogens is 2. The minimum Gasteiger partial charge on any atom is -0.439 e. The predicted octanol–water partition coefficient (Wildman–Crippen LogP) is 3.18. The van der Waals surface area contributed by atoms with Gasteiger partial charge in [0.15, 0.2) is 0 Å². The molecule has 0 radical (unpaired) electrons. The lowest BCUT2D eigenvalue weighted by atomic mass is 10.3. The molecule has 2 rings (SSSR count). The number of halogens is 1. The fraction of sp³-hybridized carbons (Fsp3) is 0.167. The van der Waals surface area contributed by atoms with Crippen LogP contribution in [0.1, 0.15) is 5.56 Å². The molecule has 104 valence electrons. The highest BCUT2D eigenvalue weighted by molar-refractivity contribution is 6.32. The van der Waals surface area contributed by atoms with Crippen LogP contribution in [0.2, 0.25) is 5.02 Å². The van der Waals surface area contributed by atoms with Crippen LogP contribution >= 0.6 is 11.6 Å². The molecule has 0 bridgehead atoms. The summed E-state index contributed by atoms with van der Waals surface area (Å²) in [6.07, 6.45) is 1.61. The summed E-state index contributed by atoms with van der Waals surface area (Å²) < 4.78 is 5.57. The summed E-state index contributed by atoms with van der Waals surface area (Å²) in [7, 11) is 1.69. The summed E-state index contributed by atoms with van der Waals surface area (Å²) >= 11 is 5.82. The lowest BCUT2D eigenvalue weighted by Gasteiger charge is -2.08. The van der Waals surface area contributed by atoms with Gasteiger partial charge in [-0.3, -0.25) is 10.1 Å². The maximum Gasteiger partial charge on any atom is 0.288 e. The standard InChI is InChI=1S/C12H11ClN4O3/c1-7-6-15-12(14-2)16-11(7)20-8-3-4-10(17(18)19)9(13)5-8/h3-6H,1-2H3,(H,14,15,16). The molecule has 0 aliphatic heterocycles. The number of ether oxygens (including phenoxy) is 1. The van der Waals surface area contributed by atoms with Gasteiger partial charge in [0.05, 0.1) is 4.92 Å². The molecule has 1 N–H and O–H groups in total. The number of nitrogens with one attached hydrogen (secondary N) is 1. The second kappa shape index (κ2) is 5.70. The molecule has 0 spiro atoms. The van der Waals surface area contributed by atoms with Crippen LogP contribution in [0.4, 0.5) is 11.6 Å². The van der Waals surface area contributed by atoms with Gasteiger partial charge in [-0.05, 0) is 13.0 Å². The molecule has 8 heteroatoms. The van der Waals surface area contributed by atoms with Crippen molar-refractivity contribution in [2.45, 2.75) is 6.92 Å². The first kappa shape index (κ1) is 14.0. The molecule has 1 heterocycles. The van der Waals surface area contributed by atoms with Crippen LogP contribution in [0.15, 0.2) is 24.4 Å². The van der Waals surface area contributed by atoms with Crippen molar-refractivity contribution in [3.8, 4) is 11.6 Å². The highest BCUT2D eigenvalue weighted by atomic mass is 35.5. The zero-order valence-electron chi connectivity index (χ0n) is 10.8. The third-order valence-corrected chi connectivity index (χ3v) is 2.78. The summed E-state index contributed by atoms with van der Waals surface area (Å²) in [5.41, 5.74) is 0.563. The highest BCUT2D eigenvalue weighted by Crippen LogP contribution is 2.31. The molecule has 0 saturated carbocycles. The molecule has 20 heavy (non-hydrogen) atoms.